The highest BCUT2D eigenvalue weighted by Crippen LogP contribution is 2.17. The van der Waals surface area contributed by atoms with Gasteiger partial charge in [0.1, 0.15) is 0 Å². The van der Waals surface area contributed by atoms with Gasteiger partial charge in [-0.2, -0.15) is 10.1 Å². The van der Waals surface area contributed by atoms with Crippen LogP contribution in [-0.2, 0) is 16.1 Å². The van der Waals surface area contributed by atoms with Gasteiger partial charge in [0.15, 0.2) is 12.4 Å². The third kappa shape index (κ3) is 5.66. The summed E-state index contributed by atoms with van der Waals surface area (Å²) in [6.45, 7) is 8.27. The fourth-order valence-electron chi connectivity index (χ4n) is 2.63. The molecule has 0 aromatic heterocycles. The summed E-state index contributed by atoms with van der Waals surface area (Å²) in [6, 6.07) is 16.0. The van der Waals surface area contributed by atoms with Crippen LogP contribution in [0.3, 0.4) is 0 Å². The van der Waals surface area contributed by atoms with E-state index in [4.69, 9.17) is 9.47 Å². The number of ether oxygens (including phenoxy) is 2. The highest BCUT2D eigenvalue weighted by molar-refractivity contribution is 6.07. The summed E-state index contributed by atoms with van der Waals surface area (Å²) in [5, 5.41) is 4.37. The van der Waals surface area contributed by atoms with Crippen LogP contribution < -0.4 is 5.43 Å². The Balaban J connectivity index is 1.60. The molecular formula is C22H27N3O2. The Hall–Kier alpha value is -2.66. The molecule has 0 spiro atoms. The molecule has 0 unspecified atom stereocenters. The van der Waals surface area contributed by atoms with Crippen LogP contribution in [0.5, 0.6) is 0 Å². The van der Waals surface area contributed by atoms with Gasteiger partial charge in [-0.15, -0.1) is 0 Å². The largest absolute Gasteiger partial charge is 0.469 e. The van der Waals surface area contributed by atoms with Crippen molar-refractivity contribution in [3.63, 3.8) is 0 Å². The molecule has 0 amide bonds. The molecule has 1 aliphatic heterocycles. The lowest BCUT2D eigenvalue weighted by molar-refractivity contribution is 0.110. The van der Waals surface area contributed by atoms with Gasteiger partial charge in [-0.25, -0.2) is 0 Å². The van der Waals surface area contributed by atoms with Crippen LogP contribution in [0.1, 0.15) is 37.0 Å². The standard InChI is InChI=1S/C22H27N3O2/c1-16(2)11-12-26-14-19-13-20(10-9-17(19)3)24-25-21-15-27-22(23-21)18-7-5-4-6-8-18/h4-10,13,16,24H,11-12,14-15H2,1-3H3. The van der Waals surface area contributed by atoms with E-state index in [1.807, 2.05) is 36.4 Å². The van der Waals surface area contributed by atoms with Crippen molar-refractivity contribution < 1.29 is 9.47 Å². The van der Waals surface area contributed by atoms with Gasteiger partial charge in [0, 0.05) is 12.2 Å². The van der Waals surface area contributed by atoms with Crippen LogP contribution >= 0.6 is 0 Å². The van der Waals surface area contributed by atoms with Crippen molar-refractivity contribution in [2.45, 2.75) is 33.8 Å². The molecule has 0 atom stereocenters. The number of nitrogens with one attached hydrogen (secondary N) is 1. The zero-order chi connectivity index (χ0) is 19.1. The van der Waals surface area contributed by atoms with Crippen molar-refractivity contribution in [3.8, 4) is 0 Å². The van der Waals surface area contributed by atoms with Crippen molar-refractivity contribution in [1.29, 1.82) is 0 Å². The lowest BCUT2D eigenvalue weighted by Crippen LogP contribution is -2.03. The van der Waals surface area contributed by atoms with Crippen molar-refractivity contribution in [3.05, 3.63) is 65.2 Å². The summed E-state index contributed by atoms with van der Waals surface area (Å²) < 4.78 is 11.4. The molecule has 0 saturated heterocycles. The van der Waals surface area contributed by atoms with Crippen molar-refractivity contribution in [1.82, 2.24) is 0 Å². The number of rotatable bonds is 8. The minimum absolute atomic E-state index is 0.369. The van der Waals surface area contributed by atoms with E-state index in [0.717, 1.165) is 24.3 Å². The highest BCUT2D eigenvalue weighted by atomic mass is 16.5. The number of anilines is 1. The minimum Gasteiger partial charge on any atom is -0.469 e. The number of hydrogen-bond acceptors (Lipinski definition) is 4. The number of hydrazone groups is 1. The molecule has 0 aliphatic carbocycles. The summed E-state index contributed by atoms with van der Waals surface area (Å²) >= 11 is 0. The maximum Gasteiger partial charge on any atom is 0.223 e. The molecule has 2 aromatic rings. The van der Waals surface area contributed by atoms with E-state index in [1.54, 1.807) is 0 Å². The van der Waals surface area contributed by atoms with E-state index in [-0.39, 0.29) is 0 Å². The topological polar surface area (TPSA) is 55.2 Å². The molecule has 5 nitrogen and oxygen atoms in total. The number of benzene rings is 2. The van der Waals surface area contributed by atoms with Gasteiger partial charge in [0.25, 0.3) is 0 Å². The number of aryl methyl sites for hydroxylation is 1. The molecule has 1 N–H and O–H groups in total. The second-order valence-electron chi connectivity index (χ2n) is 7.09. The van der Waals surface area contributed by atoms with E-state index in [9.17, 15) is 0 Å². The summed E-state index contributed by atoms with van der Waals surface area (Å²) in [6.07, 6.45) is 1.08. The first-order chi connectivity index (χ1) is 13.1. The quantitative estimate of drug-likeness (QED) is 0.542. The van der Waals surface area contributed by atoms with E-state index in [1.165, 1.54) is 11.1 Å². The molecule has 2 aromatic carbocycles. The van der Waals surface area contributed by atoms with Gasteiger partial charge in [0.05, 0.1) is 12.3 Å². The molecule has 0 bridgehead atoms. The molecular weight excluding hydrogens is 338 g/mol. The lowest BCUT2D eigenvalue weighted by atomic mass is 10.1. The van der Waals surface area contributed by atoms with Gasteiger partial charge in [0.2, 0.25) is 5.90 Å². The van der Waals surface area contributed by atoms with Crippen LogP contribution in [-0.4, -0.2) is 24.9 Å². The van der Waals surface area contributed by atoms with Gasteiger partial charge < -0.3 is 9.47 Å². The first-order valence-corrected chi connectivity index (χ1v) is 9.38. The normalized spacial score (nSPS) is 15.1. The zero-order valence-electron chi connectivity index (χ0n) is 16.2. The van der Waals surface area contributed by atoms with Crippen LogP contribution in [0.15, 0.2) is 58.6 Å². The Morgan fingerprint density at radius 1 is 1.19 bits per heavy atom. The van der Waals surface area contributed by atoms with Crippen LogP contribution in [0, 0.1) is 12.8 Å². The summed E-state index contributed by atoms with van der Waals surface area (Å²) in [7, 11) is 0. The molecule has 0 radical (unpaired) electrons. The zero-order valence-corrected chi connectivity index (χ0v) is 16.2. The van der Waals surface area contributed by atoms with Gasteiger partial charge >= 0.3 is 0 Å². The summed E-state index contributed by atoms with van der Waals surface area (Å²) in [5.41, 5.74) is 7.33. The molecule has 5 heteroatoms. The monoisotopic (exact) mass is 365 g/mol. The van der Waals surface area contributed by atoms with Crippen LogP contribution in [0.25, 0.3) is 0 Å². The van der Waals surface area contributed by atoms with Crippen LogP contribution in [0.2, 0.25) is 0 Å². The number of aliphatic imine (C=N–C) groups is 1. The second-order valence-corrected chi connectivity index (χ2v) is 7.09. The smallest absolute Gasteiger partial charge is 0.223 e. The summed E-state index contributed by atoms with van der Waals surface area (Å²) in [4.78, 5) is 4.45. The van der Waals surface area contributed by atoms with Gasteiger partial charge in [-0.3, -0.25) is 5.43 Å². The Kier molecular flexibility index (Phi) is 6.60. The number of nitrogens with zero attached hydrogens (tertiary/aromatic N) is 2. The van der Waals surface area contributed by atoms with E-state index >= 15 is 0 Å². The summed E-state index contributed by atoms with van der Waals surface area (Å²) in [5.74, 6) is 1.90. The van der Waals surface area contributed by atoms with E-state index < -0.39 is 0 Å². The Bertz CT molecular complexity index is 814. The Labute approximate surface area is 161 Å². The average molecular weight is 365 g/mol. The molecule has 0 saturated carbocycles. The maximum atomic E-state index is 5.80. The molecule has 3 rings (SSSR count). The number of hydrogen-bond donors (Lipinski definition) is 1. The van der Waals surface area contributed by atoms with Gasteiger partial charge in [-0.1, -0.05) is 38.1 Å². The first kappa shape index (κ1) is 19.1. The second kappa shape index (κ2) is 9.33. The highest BCUT2D eigenvalue weighted by Gasteiger charge is 2.15. The van der Waals surface area contributed by atoms with Gasteiger partial charge in [-0.05, 0) is 54.7 Å². The molecule has 142 valence electrons. The molecule has 1 aliphatic rings. The SMILES string of the molecule is Cc1ccc(NN=C2COC(c3ccccc3)=N2)cc1COCCC(C)C. The van der Waals surface area contributed by atoms with Crippen LogP contribution in [0.4, 0.5) is 5.69 Å². The first-order valence-electron chi connectivity index (χ1n) is 9.38. The molecule has 1 heterocycles. The lowest BCUT2D eigenvalue weighted by Gasteiger charge is -2.10. The molecule has 0 fully saturated rings. The van der Waals surface area contributed by atoms with Crippen molar-refractivity contribution in [2.75, 3.05) is 18.6 Å². The average Bonchev–Trinajstić information content (AvgIpc) is 3.15. The predicted molar refractivity (Wildman–Crippen MR) is 110 cm³/mol. The fraction of sp³-hybridized carbons (Fsp3) is 0.364. The predicted octanol–water partition coefficient (Wildman–Crippen LogP) is 4.76. The Morgan fingerprint density at radius 2 is 2.00 bits per heavy atom. The third-order valence-corrected chi connectivity index (χ3v) is 4.35. The number of amidine groups is 1. The minimum atomic E-state index is 0.369. The fourth-order valence-corrected chi connectivity index (χ4v) is 2.63. The van der Waals surface area contributed by atoms with Crippen molar-refractivity contribution in [2.24, 2.45) is 16.0 Å². The molecule has 27 heavy (non-hydrogen) atoms. The third-order valence-electron chi connectivity index (χ3n) is 4.35. The van der Waals surface area contributed by atoms with E-state index in [2.05, 4.69) is 48.4 Å². The van der Waals surface area contributed by atoms with Crippen molar-refractivity contribution >= 4 is 17.4 Å². The maximum absolute atomic E-state index is 5.80. The Morgan fingerprint density at radius 3 is 2.78 bits per heavy atom. The van der Waals surface area contributed by atoms with E-state index in [0.29, 0.717) is 30.9 Å².